The first-order valence-corrected chi connectivity index (χ1v) is 6.16. The first-order chi connectivity index (χ1) is 9.16. The van der Waals surface area contributed by atoms with Gasteiger partial charge in [0, 0.05) is 12.6 Å². The second-order valence-corrected chi connectivity index (χ2v) is 4.33. The Labute approximate surface area is 111 Å². The van der Waals surface area contributed by atoms with Crippen LogP contribution in [0.4, 0.5) is 0 Å². The highest BCUT2D eigenvalue weighted by Crippen LogP contribution is 2.34. The van der Waals surface area contributed by atoms with Crippen molar-refractivity contribution < 1.29 is 19.4 Å². The summed E-state index contributed by atoms with van der Waals surface area (Å²) < 4.78 is 10.7. The molecule has 19 heavy (non-hydrogen) atoms. The Morgan fingerprint density at radius 3 is 2.89 bits per heavy atom. The summed E-state index contributed by atoms with van der Waals surface area (Å²) >= 11 is 0. The summed E-state index contributed by atoms with van der Waals surface area (Å²) in [7, 11) is 0. The van der Waals surface area contributed by atoms with Crippen LogP contribution in [0.3, 0.4) is 0 Å². The molecule has 1 heterocycles. The number of aryl methyl sites for hydroxylation is 1. The van der Waals surface area contributed by atoms with Gasteiger partial charge in [0.05, 0.1) is 0 Å². The Morgan fingerprint density at radius 1 is 1.42 bits per heavy atom. The maximum absolute atomic E-state index is 10.3. The minimum absolute atomic E-state index is 0.288. The van der Waals surface area contributed by atoms with Crippen LogP contribution >= 0.6 is 0 Å². The van der Waals surface area contributed by atoms with Gasteiger partial charge in [0.15, 0.2) is 11.5 Å². The third-order valence-electron chi connectivity index (χ3n) is 2.92. The lowest BCUT2D eigenvalue weighted by Gasteiger charge is -2.07. The van der Waals surface area contributed by atoms with E-state index in [9.17, 15) is 4.79 Å². The van der Waals surface area contributed by atoms with Crippen LogP contribution in [0.25, 0.3) is 0 Å². The highest BCUT2D eigenvalue weighted by atomic mass is 16.7. The van der Waals surface area contributed by atoms with Crippen molar-refractivity contribution in [2.45, 2.75) is 13.3 Å². The topological polar surface area (TPSA) is 67.8 Å². The number of nitrogens with one attached hydrogen (secondary N) is 1. The van der Waals surface area contributed by atoms with E-state index in [0.717, 1.165) is 30.5 Å². The predicted octanol–water partition coefficient (Wildman–Crippen LogP) is 1.50. The van der Waals surface area contributed by atoms with Crippen LogP contribution in [0.2, 0.25) is 0 Å². The van der Waals surface area contributed by atoms with E-state index in [1.165, 1.54) is 11.1 Å². The lowest BCUT2D eigenvalue weighted by molar-refractivity contribution is -0.131. The number of fused-ring (bicyclic) bond motifs is 1. The minimum Gasteiger partial charge on any atom is -0.478 e. The molecule has 0 radical (unpaired) electrons. The lowest BCUT2D eigenvalue weighted by Crippen LogP contribution is -2.17. The highest BCUT2D eigenvalue weighted by molar-refractivity contribution is 5.79. The molecule has 0 bridgehead atoms. The molecule has 0 unspecified atom stereocenters. The average Bonchev–Trinajstić information content (AvgIpc) is 2.80. The summed E-state index contributed by atoms with van der Waals surface area (Å²) in [5.41, 5.74) is 2.38. The normalized spacial score (nSPS) is 13.1. The summed E-state index contributed by atoms with van der Waals surface area (Å²) in [4.78, 5) is 10.3. The molecule has 0 saturated heterocycles. The number of carboxylic acid groups (broad SMARTS) is 1. The minimum atomic E-state index is -0.923. The van der Waals surface area contributed by atoms with E-state index in [1.54, 1.807) is 6.08 Å². The van der Waals surface area contributed by atoms with Gasteiger partial charge in [-0.15, -0.1) is 0 Å². The number of aliphatic carboxylic acids is 1. The largest absolute Gasteiger partial charge is 0.478 e. The number of ether oxygens (including phenoxy) is 2. The Balaban J connectivity index is 1.82. The van der Waals surface area contributed by atoms with Gasteiger partial charge < -0.3 is 19.9 Å². The maximum atomic E-state index is 10.3. The first-order valence-electron chi connectivity index (χ1n) is 6.16. The molecule has 0 atom stereocenters. The van der Waals surface area contributed by atoms with Crippen molar-refractivity contribution in [1.82, 2.24) is 5.32 Å². The van der Waals surface area contributed by atoms with Gasteiger partial charge in [-0.05, 0) is 43.1 Å². The maximum Gasteiger partial charge on any atom is 0.328 e. The van der Waals surface area contributed by atoms with Crippen molar-refractivity contribution in [3.63, 3.8) is 0 Å². The summed E-state index contributed by atoms with van der Waals surface area (Å²) in [5, 5.41) is 11.6. The van der Waals surface area contributed by atoms with E-state index in [0.29, 0.717) is 6.54 Å². The molecule has 102 valence electrons. The van der Waals surface area contributed by atoms with Gasteiger partial charge in [-0.3, -0.25) is 0 Å². The molecule has 2 rings (SSSR count). The molecule has 0 saturated carbocycles. The molecule has 5 heteroatoms. The van der Waals surface area contributed by atoms with Gasteiger partial charge in [-0.1, -0.05) is 6.08 Å². The summed E-state index contributed by atoms with van der Waals surface area (Å²) in [6.07, 6.45) is 3.59. The lowest BCUT2D eigenvalue weighted by atomic mass is 10.0. The third kappa shape index (κ3) is 3.72. The number of benzene rings is 1. The smallest absolute Gasteiger partial charge is 0.328 e. The quantitative estimate of drug-likeness (QED) is 0.601. The van der Waals surface area contributed by atoms with Crippen molar-refractivity contribution in [2.75, 3.05) is 19.9 Å². The van der Waals surface area contributed by atoms with Crippen LogP contribution in [0.5, 0.6) is 11.5 Å². The fourth-order valence-corrected chi connectivity index (χ4v) is 1.92. The van der Waals surface area contributed by atoms with Crippen molar-refractivity contribution in [2.24, 2.45) is 0 Å². The van der Waals surface area contributed by atoms with Crippen molar-refractivity contribution >= 4 is 5.97 Å². The zero-order valence-corrected chi connectivity index (χ0v) is 10.8. The Morgan fingerprint density at radius 2 is 2.16 bits per heavy atom. The van der Waals surface area contributed by atoms with E-state index in [1.807, 2.05) is 19.1 Å². The average molecular weight is 263 g/mol. The highest BCUT2D eigenvalue weighted by Gasteiger charge is 2.15. The Kier molecular flexibility index (Phi) is 4.41. The number of rotatable bonds is 6. The molecule has 2 N–H and O–H groups in total. The van der Waals surface area contributed by atoms with Gasteiger partial charge in [0.1, 0.15) is 0 Å². The second kappa shape index (κ2) is 6.24. The molecule has 0 fully saturated rings. The zero-order chi connectivity index (χ0) is 13.7. The first kappa shape index (κ1) is 13.4. The Hall–Kier alpha value is -2.01. The SMILES string of the molecule is Cc1cc2c(cc1CCNC/C=C/C(=O)O)OCO2. The van der Waals surface area contributed by atoms with Crippen LogP contribution in [-0.4, -0.2) is 31.0 Å². The fraction of sp³-hybridized carbons (Fsp3) is 0.357. The summed E-state index contributed by atoms with van der Waals surface area (Å²) in [5.74, 6) is 0.679. The van der Waals surface area contributed by atoms with Gasteiger partial charge >= 0.3 is 5.97 Å². The van der Waals surface area contributed by atoms with Gasteiger partial charge in [-0.2, -0.15) is 0 Å². The molecule has 0 aliphatic carbocycles. The van der Waals surface area contributed by atoms with E-state index >= 15 is 0 Å². The van der Waals surface area contributed by atoms with Gasteiger partial charge in [-0.25, -0.2) is 4.79 Å². The standard InChI is InChI=1S/C14H17NO4/c1-10-7-12-13(19-9-18-12)8-11(10)4-6-15-5-2-3-14(16)17/h2-3,7-8,15H,4-6,9H2,1H3,(H,16,17)/b3-2+. The zero-order valence-electron chi connectivity index (χ0n) is 10.8. The number of hydrogen-bond donors (Lipinski definition) is 2. The molecule has 1 aromatic rings. The second-order valence-electron chi connectivity index (χ2n) is 4.33. The van der Waals surface area contributed by atoms with Gasteiger partial charge in [0.2, 0.25) is 6.79 Å². The van der Waals surface area contributed by atoms with Crippen molar-refractivity contribution in [3.8, 4) is 11.5 Å². The van der Waals surface area contributed by atoms with Crippen LogP contribution in [0.15, 0.2) is 24.3 Å². The number of hydrogen-bond acceptors (Lipinski definition) is 4. The van der Waals surface area contributed by atoms with Crippen molar-refractivity contribution in [1.29, 1.82) is 0 Å². The predicted molar refractivity (Wildman–Crippen MR) is 70.7 cm³/mol. The van der Waals surface area contributed by atoms with E-state index in [4.69, 9.17) is 14.6 Å². The molecule has 5 nitrogen and oxygen atoms in total. The fourth-order valence-electron chi connectivity index (χ4n) is 1.92. The molecule has 0 spiro atoms. The van der Waals surface area contributed by atoms with E-state index in [2.05, 4.69) is 5.32 Å². The molecule has 1 aliphatic rings. The molecular formula is C14H17NO4. The van der Waals surface area contributed by atoms with E-state index < -0.39 is 5.97 Å². The molecule has 1 aliphatic heterocycles. The molecule has 1 aromatic carbocycles. The van der Waals surface area contributed by atoms with Crippen LogP contribution < -0.4 is 14.8 Å². The Bertz CT molecular complexity index is 496. The summed E-state index contributed by atoms with van der Waals surface area (Å²) in [6, 6.07) is 3.99. The molecule has 0 amide bonds. The third-order valence-corrected chi connectivity index (χ3v) is 2.92. The van der Waals surface area contributed by atoms with Crippen molar-refractivity contribution in [3.05, 3.63) is 35.4 Å². The van der Waals surface area contributed by atoms with E-state index in [-0.39, 0.29) is 6.79 Å². The van der Waals surface area contributed by atoms with Gasteiger partial charge in [0.25, 0.3) is 0 Å². The van der Waals surface area contributed by atoms with Crippen LogP contribution in [0, 0.1) is 6.92 Å². The monoisotopic (exact) mass is 263 g/mol. The summed E-state index contributed by atoms with van der Waals surface area (Å²) in [6.45, 7) is 3.67. The molecule has 0 aromatic heterocycles. The molecular weight excluding hydrogens is 246 g/mol. The van der Waals surface area contributed by atoms with Crippen LogP contribution in [0.1, 0.15) is 11.1 Å². The number of carboxylic acids is 1. The van der Waals surface area contributed by atoms with Crippen LogP contribution in [-0.2, 0) is 11.2 Å². The number of carbonyl (C=O) groups is 1.